The first kappa shape index (κ1) is 46.5. The molecular weight excluding hydrogens is 792 g/mol. The zero-order valence-electron chi connectivity index (χ0n) is 29.4. The standard InChI is InChI=1S/C30H50O27/c31-1-5-9(35)10(36)16(42)27(50-5)56-23-14(40)19(45)30(57-24(23)25(46)47)55-22-8(4-34)52-29(18(44)13(22)39)54-21-7(3-33)51-28(17(43)12(21)38)53-20-6(2-32)49-26(48)15(41)11(20)37/h5-24,26-45,48H,1-4H2,(H,46,47)/t5?,6?,7?,8?,9?,10?,11?,12?,13?,14?,15?,16-,17?,18?,19?,20?,21?,22?,23?,24?,26?,27+,28?,29?,30?/m0/s1. The molecule has 0 saturated carbocycles. The van der Waals surface area contributed by atoms with Gasteiger partial charge in [0.1, 0.15) is 116 Å². The smallest absolute Gasteiger partial charge is 0.335 e. The van der Waals surface area contributed by atoms with Gasteiger partial charge in [-0.1, -0.05) is 0 Å². The summed E-state index contributed by atoms with van der Waals surface area (Å²) in [6, 6.07) is 0. The van der Waals surface area contributed by atoms with E-state index < -0.39 is 186 Å². The Morgan fingerprint density at radius 2 is 0.684 bits per heavy atom. The van der Waals surface area contributed by atoms with E-state index in [1.165, 1.54) is 0 Å². The quantitative estimate of drug-likeness (QED) is 0.0818. The van der Waals surface area contributed by atoms with Crippen molar-refractivity contribution in [3.8, 4) is 0 Å². The van der Waals surface area contributed by atoms with Crippen LogP contribution in [0.1, 0.15) is 0 Å². The maximum Gasteiger partial charge on any atom is 0.335 e. The van der Waals surface area contributed by atoms with Crippen LogP contribution in [0.5, 0.6) is 0 Å². The highest BCUT2D eigenvalue weighted by molar-refractivity contribution is 5.73. The predicted molar refractivity (Wildman–Crippen MR) is 167 cm³/mol. The summed E-state index contributed by atoms with van der Waals surface area (Å²) >= 11 is 0. The molecule has 5 aliphatic rings. The fourth-order valence-electron chi connectivity index (χ4n) is 7.00. The average Bonchev–Trinajstić information content (AvgIpc) is 3.19. The van der Waals surface area contributed by atoms with E-state index in [2.05, 4.69) is 0 Å². The molecule has 0 aromatic carbocycles. The summed E-state index contributed by atoms with van der Waals surface area (Å²) < 4.78 is 48.4. The summed E-state index contributed by atoms with van der Waals surface area (Å²) in [6.07, 6.45) is -48.7. The third kappa shape index (κ3) is 9.38. The van der Waals surface area contributed by atoms with E-state index in [0.29, 0.717) is 0 Å². The molecule has 25 atom stereocenters. The molecule has 5 heterocycles. The van der Waals surface area contributed by atoms with Crippen LogP contribution in [0.2, 0.25) is 0 Å². The number of aliphatic carboxylic acids is 1. The lowest BCUT2D eigenvalue weighted by Gasteiger charge is -2.49. The Hall–Kier alpha value is -1.53. The normalized spacial score (nSPS) is 52.4. The van der Waals surface area contributed by atoms with Crippen LogP contribution in [-0.4, -0.2) is 273 Å². The van der Waals surface area contributed by atoms with Gasteiger partial charge in [-0.25, -0.2) is 4.79 Å². The van der Waals surface area contributed by atoms with Crippen LogP contribution in [0, 0.1) is 0 Å². The second-order valence-corrected chi connectivity index (χ2v) is 14.0. The molecule has 0 aliphatic carbocycles. The molecule has 57 heavy (non-hydrogen) atoms. The minimum absolute atomic E-state index is 0.852. The van der Waals surface area contributed by atoms with Crippen LogP contribution < -0.4 is 0 Å². The van der Waals surface area contributed by atoms with Crippen molar-refractivity contribution >= 4 is 5.97 Å². The zero-order chi connectivity index (χ0) is 42.2. The van der Waals surface area contributed by atoms with Gasteiger partial charge in [0.15, 0.2) is 37.6 Å². The lowest BCUT2D eigenvalue weighted by Crippen LogP contribution is -2.68. The van der Waals surface area contributed by atoms with Crippen molar-refractivity contribution in [2.45, 2.75) is 154 Å². The monoisotopic (exact) mass is 842 g/mol. The largest absolute Gasteiger partial charge is 0.479 e. The molecule has 27 heteroatoms. The lowest BCUT2D eigenvalue weighted by molar-refractivity contribution is -0.390. The second-order valence-electron chi connectivity index (χ2n) is 14.0. The number of aliphatic hydroxyl groups excluding tert-OH is 16. The Morgan fingerprint density at radius 3 is 1.09 bits per heavy atom. The molecule has 0 amide bonds. The molecule has 17 N–H and O–H groups in total. The fraction of sp³-hybridized carbons (Fsp3) is 0.967. The Kier molecular flexibility index (Phi) is 15.9. The summed E-state index contributed by atoms with van der Waals surface area (Å²) in [5, 5.41) is 175. The van der Waals surface area contributed by atoms with Crippen LogP contribution >= 0.6 is 0 Å². The van der Waals surface area contributed by atoms with Gasteiger partial charge in [-0.15, -0.1) is 0 Å². The molecule has 5 saturated heterocycles. The van der Waals surface area contributed by atoms with E-state index in [1.807, 2.05) is 0 Å². The SMILES string of the molecule is O=C(O)C1OC(OC2C(CO)OC(OC3C(CO)OC(OC4C(CO)OC(O)C(O)C4O)C(O)C3O)C(O)C2O)C(O)C(O)C1O[C@H]1OC(CO)C(O)C(O)[C@@H]1O. The minimum Gasteiger partial charge on any atom is -0.479 e. The number of hydrogen-bond acceptors (Lipinski definition) is 26. The van der Waals surface area contributed by atoms with Crippen LogP contribution in [0.4, 0.5) is 0 Å². The molecule has 332 valence electrons. The van der Waals surface area contributed by atoms with Gasteiger partial charge in [0.25, 0.3) is 0 Å². The average molecular weight is 843 g/mol. The first-order chi connectivity index (χ1) is 26.9. The summed E-state index contributed by atoms with van der Waals surface area (Å²) in [6.45, 7) is -3.76. The number of carboxylic acids is 1. The van der Waals surface area contributed by atoms with E-state index >= 15 is 0 Å². The third-order valence-electron chi connectivity index (χ3n) is 10.3. The highest BCUT2D eigenvalue weighted by atomic mass is 16.8. The highest BCUT2D eigenvalue weighted by Crippen LogP contribution is 2.35. The number of hydrogen-bond donors (Lipinski definition) is 17. The van der Waals surface area contributed by atoms with Gasteiger partial charge in [-0.05, 0) is 0 Å². The first-order valence-electron chi connectivity index (χ1n) is 17.6. The number of carbonyl (C=O) groups is 1. The van der Waals surface area contributed by atoms with E-state index in [1.54, 1.807) is 0 Å². The van der Waals surface area contributed by atoms with Gasteiger partial charge in [0.05, 0.1) is 26.4 Å². The molecule has 5 rings (SSSR count). The van der Waals surface area contributed by atoms with E-state index in [0.717, 1.165) is 0 Å². The number of carboxylic acid groups (broad SMARTS) is 1. The Balaban J connectivity index is 1.24. The van der Waals surface area contributed by atoms with Gasteiger partial charge in [-0.3, -0.25) is 0 Å². The van der Waals surface area contributed by atoms with E-state index in [9.17, 15) is 91.6 Å². The first-order valence-corrected chi connectivity index (χ1v) is 17.6. The van der Waals surface area contributed by atoms with Crippen molar-refractivity contribution in [3.05, 3.63) is 0 Å². The summed E-state index contributed by atoms with van der Waals surface area (Å²) in [4.78, 5) is 12.2. The van der Waals surface area contributed by atoms with Crippen LogP contribution in [0.25, 0.3) is 0 Å². The van der Waals surface area contributed by atoms with Gasteiger partial charge in [0.2, 0.25) is 0 Å². The molecule has 0 bridgehead atoms. The second kappa shape index (κ2) is 19.5. The molecule has 0 radical (unpaired) electrons. The van der Waals surface area contributed by atoms with Crippen LogP contribution in [-0.2, 0) is 47.4 Å². The van der Waals surface area contributed by atoms with Gasteiger partial charge in [0, 0.05) is 0 Å². The van der Waals surface area contributed by atoms with Crippen LogP contribution in [0.3, 0.4) is 0 Å². The molecule has 27 nitrogen and oxygen atoms in total. The molecular formula is C30H50O27. The van der Waals surface area contributed by atoms with Gasteiger partial charge < -0.3 is 129 Å². The molecule has 23 unspecified atom stereocenters. The molecule has 0 spiro atoms. The maximum atomic E-state index is 12.2. The lowest BCUT2D eigenvalue weighted by atomic mass is 9.95. The molecule has 5 aliphatic heterocycles. The van der Waals surface area contributed by atoms with Crippen molar-refractivity contribution in [3.63, 3.8) is 0 Å². The Morgan fingerprint density at radius 1 is 0.368 bits per heavy atom. The van der Waals surface area contributed by atoms with E-state index in [-0.39, 0.29) is 0 Å². The summed E-state index contributed by atoms with van der Waals surface area (Å²) in [7, 11) is 0. The Labute approximate surface area is 320 Å². The summed E-state index contributed by atoms with van der Waals surface area (Å²) in [5.74, 6) is -1.84. The molecule has 0 aromatic rings. The third-order valence-corrected chi connectivity index (χ3v) is 10.3. The van der Waals surface area contributed by atoms with E-state index in [4.69, 9.17) is 42.6 Å². The van der Waals surface area contributed by atoms with Crippen molar-refractivity contribution < 1.29 is 134 Å². The van der Waals surface area contributed by atoms with Crippen molar-refractivity contribution in [1.82, 2.24) is 0 Å². The van der Waals surface area contributed by atoms with Gasteiger partial charge >= 0.3 is 5.97 Å². The minimum atomic E-state index is -2.25. The van der Waals surface area contributed by atoms with Crippen LogP contribution in [0.15, 0.2) is 0 Å². The summed E-state index contributed by atoms with van der Waals surface area (Å²) in [5.41, 5.74) is 0. The fourth-order valence-corrected chi connectivity index (χ4v) is 7.00. The predicted octanol–water partition coefficient (Wildman–Crippen LogP) is -11.8. The number of ether oxygens (including phenoxy) is 9. The molecule has 0 aromatic heterocycles. The number of aliphatic hydroxyl groups is 16. The Bertz CT molecular complexity index is 1280. The van der Waals surface area contributed by atoms with Crippen molar-refractivity contribution in [2.24, 2.45) is 0 Å². The van der Waals surface area contributed by atoms with Gasteiger partial charge in [-0.2, -0.15) is 0 Å². The molecule has 5 fully saturated rings. The number of rotatable bonds is 13. The topological polar surface area (TPSA) is 444 Å². The van der Waals surface area contributed by atoms with Crippen molar-refractivity contribution in [1.29, 1.82) is 0 Å². The zero-order valence-corrected chi connectivity index (χ0v) is 29.4. The highest BCUT2D eigenvalue weighted by Gasteiger charge is 2.57. The van der Waals surface area contributed by atoms with Crippen molar-refractivity contribution in [2.75, 3.05) is 26.4 Å². The maximum absolute atomic E-state index is 12.2.